The molecule has 8 nitrogen and oxygen atoms in total. The average molecular weight is 537 g/mol. The van der Waals surface area contributed by atoms with Crippen LogP contribution in [0.25, 0.3) is 0 Å². The zero-order valence-corrected chi connectivity index (χ0v) is 21.3. The van der Waals surface area contributed by atoms with Crippen LogP contribution < -0.4 is 16.2 Å². The minimum Gasteiger partial charge on any atom is -0.350 e. The number of rotatable bonds is 4. The molecule has 182 valence electrons. The number of aromatic nitrogens is 2. The van der Waals surface area contributed by atoms with E-state index >= 15 is 0 Å². The van der Waals surface area contributed by atoms with Crippen molar-refractivity contribution in [1.29, 1.82) is 0 Å². The molecule has 2 aliphatic rings. The fourth-order valence-corrected chi connectivity index (χ4v) is 5.38. The van der Waals surface area contributed by atoms with Crippen LogP contribution in [-0.4, -0.2) is 37.6 Å². The van der Waals surface area contributed by atoms with Gasteiger partial charge in [0.05, 0.1) is 22.3 Å². The molecule has 1 amide bonds. The number of aliphatic imine (C=N–C) groups is 1. The second-order valence-corrected chi connectivity index (χ2v) is 10.1. The number of amides is 1. The van der Waals surface area contributed by atoms with Crippen molar-refractivity contribution < 1.29 is 9.59 Å². The molecule has 0 saturated carbocycles. The van der Waals surface area contributed by atoms with Gasteiger partial charge in [-0.1, -0.05) is 47.6 Å². The number of carbonyl (C=O) groups is 2. The summed E-state index contributed by atoms with van der Waals surface area (Å²) in [5, 5.41) is 3.76. The van der Waals surface area contributed by atoms with E-state index in [1.54, 1.807) is 0 Å². The smallest absolute Gasteiger partial charge is 0.278 e. The van der Waals surface area contributed by atoms with Crippen LogP contribution in [-0.2, 0) is 17.6 Å². The van der Waals surface area contributed by atoms with Crippen LogP contribution >= 0.6 is 35.6 Å². The lowest BCUT2D eigenvalue weighted by molar-refractivity contribution is -0.105. The molecule has 1 aliphatic heterocycles. The Morgan fingerprint density at radius 1 is 1.11 bits per heavy atom. The number of hydrogen-bond donors (Lipinski definition) is 3. The quantitative estimate of drug-likeness (QED) is 0.336. The van der Waals surface area contributed by atoms with E-state index in [1.165, 1.54) is 23.4 Å². The number of benzene rings is 1. The summed E-state index contributed by atoms with van der Waals surface area (Å²) in [5.41, 5.74) is 11.0. The predicted molar refractivity (Wildman–Crippen MR) is 146 cm³/mol. The molecule has 0 radical (unpaired) electrons. The van der Waals surface area contributed by atoms with Crippen LogP contribution in [0.15, 0.2) is 60.0 Å². The van der Waals surface area contributed by atoms with Gasteiger partial charge >= 0.3 is 0 Å². The summed E-state index contributed by atoms with van der Waals surface area (Å²) in [7, 11) is 0. The van der Waals surface area contributed by atoms with Crippen molar-refractivity contribution in [1.82, 2.24) is 20.7 Å². The summed E-state index contributed by atoms with van der Waals surface area (Å²) in [6.07, 6.45) is 7.38. The van der Waals surface area contributed by atoms with Crippen molar-refractivity contribution in [2.75, 3.05) is 11.2 Å². The number of halogens is 1. The highest BCUT2D eigenvalue weighted by Gasteiger charge is 2.25. The van der Waals surface area contributed by atoms with Crippen molar-refractivity contribution >= 4 is 63.2 Å². The number of aryl methyl sites for hydroxylation is 2. The summed E-state index contributed by atoms with van der Waals surface area (Å²) < 4.78 is 0. The number of nitrogens with zero attached hydrogens (tertiary/aromatic N) is 3. The Morgan fingerprint density at radius 2 is 1.92 bits per heavy atom. The number of thiocarbonyl (C=S) groups is 1. The van der Waals surface area contributed by atoms with Gasteiger partial charge in [0.2, 0.25) is 5.12 Å². The fraction of sp³-hybridized carbons (Fsp3) is 0.200. The number of thioether (sulfide) groups is 1. The number of hydrogen-bond acceptors (Lipinski definition) is 7. The number of pyridine rings is 2. The number of anilines is 1. The monoisotopic (exact) mass is 536 g/mol. The van der Waals surface area contributed by atoms with Gasteiger partial charge in [-0.3, -0.25) is 25.4 Å². The lowest BCUT2D eigenvalue weighted by Gasteiger charge is -2.23. The molecule has 0 spiro atoms. The van der Waals surface area contributed by atoms with Crippen molar-refractivity contribution in [2.45, 2.75) is 25.3 Å². The third-order valence-electron chi connectivity index (χ3n) is 5.99. The van der Waals surface area contributed by atoms with E-state index in [0.717, 1.165) is 35.7 Å². The van der Waals surface area contributed by atoms with E-state index in [0.29, 0.717) is 23.1 Å². The highest BCUT2D eigenvalue weighted by atomic mass is 35.5. The summed E-state index contributed by atoms with van der Waals surface area (Å²) in [4.78, 5) is 36.6. The second-order valence-electron chi connectivity index (χ2n) is 8.23. The Labute approximate surface area is 222 Å². The molecule has 11 heteroatoms. The summed E-state index contributed by atoms with van der Waals surface area (Å²) in [5.74, 6) is 0.383. The Bertz CT molecular complexity index is 1350. The lowest BCUT2D eigenvalue weighted by Crippen LogP contribution is -2.41. The van der Waals surface area contributed by atoms with Gasteiger partial charge in [-0.05, 0) is 53.9 Å². The van der Waals surface area contributed by atoms with Crippen LogP contribution in [0, 0.1) is 0 Å². The molecule has 3 N–H and O–H groups in total. The first-order valence-corrected chi connectivity index (χ1v) is 13.0. The largest absolute Gasteiger partial charge is 0.350 e. The maximum absolute atomic E-state index is 12.4. The van der Waals surface area contributed by atoms with E-state index in [1.807, 2.05) is 30.6 Å². The van der Waals surface area contributed by atoms with Crippen molar-refractivity contribution in [3.63, 3.8) is 0 Å². The first kappa shape index (κ1) is 24.4. The predicted octanol–water partition coefficient (Wildman–Crippen LogP) is 4.05. The molecule has 0 bridgehead atoms. The van der Waals surface area contributed by atoms with Gasteiger partial charge in [-0.25, -0.2) is 9.98 Å². The van der Waals surface area contributed by atoms with Crippen LogP contribution in [0.5, 0.6) is 0 Å². The molecule has 5 rings (SSSR count). The minimum atomic E-state index is -0.550. The molecular formula is C25H21ClN6O2S2. The van der Waals surface area contributed by atoms with Gasteiger partial charge in [0.15, 0.2) is 10.9 Å². The molecule has 1 unspecified atom stereocenters. The first-order valence-electron chi connectivity index (χ1n) is 11.3. The van der Waals surface area contributed by atoms with Crippen molar-refractivity contribution in [3.8, 4) is 0 Å². The van der Waals surface area contributed by atoms with Gasteiger partial charge in [0.1, 0.15) is 0 Å². The fourth-order valence-electron chi connectivity index (χ4n) is 4.20. The zero-order chi connectivity index (χ0) is 25.1. The molecule has 1 aromatic carbocycles. The molecule has 3 heterocycles. The normalized spacial score (nSPS) is 17.6. The topological polar surface area (TPSA) is 108 Å². The Balaban J connectivity index is 1.28. The van der Waals surface area contributed by atoms with Gasteiger partial charge in [-0.15, -0.1) is 0 Å². The molecule has 36 heavy (non-hydrogen) atoms. The maximum Gasteiger partial charge on any atom is 0.278 e. The Kier molecular flexibility index (Phi) is 7.26. The van der Waals surface area contributed by atoms with Gasteiger partial charge in [-0.2, -0.15) is 0 Å². The summed E-state index contributed by atoms with van der Waals surface area (Å²) in [6, 6.07) is 11.6. The van der Waals surface area contributed by atoms with E-state index in [9.17, 15) is 9.59 Å². The zero-order valence-electron chi connectivity index (χ0n) is 19.0. The van der Waals surface area contributed by atoms with Crippen LogP contribution in [0.3, 0.4) is 0 Å². The maximum atomic E-state index is 12.4. The number of hydrazine groups is 1. The highest BCUT2D eigenvalue weighted by molar-refractivity contribution is 8.16. The van der Waals surface area contributed by atoms with Gasteiger partial charge in [0.25, 0.3) is 5.91 Å². The summed E-state index contributed by atoms with van der Waals surface area (Å²) in [6.45, 7) is 0. The SMILES string of the molecule is O=C1SCCC1=NC(=O)c1cnc(NNC(=S)NC2c3ccccc3CCc3ccncc32)c(Cl)c1. The minimum absolute atomic E-state index is 0.166. The first-order chi connectivity index (χ1) is 17.5. The van der Waals surface area contributed by atoms with Crippen LogP contribution in [0.4, 0.5) is 5.82 Å². The third-order valence-corrected chi connectivity index (χ3v) is 7.40. The Morgan fingerprint density at radius 3 is 2.69 bits per heavy atom. The van der Waals surface area contributed by atoms with Crippen molar-refractivity contribution in [2.24, 2.45) is 4.99 Å². The molecule has 2 aromatic heterocycles. The van der Waals surface area contributed by atoms with Crippen LogP contribution in [0.2, 0.25) is 5.02 Å². The van der Waals surface area contributed by atoms with E-state index in [-0.39, 0.29) is 27.5 Å². The number of carbonyl (C=O) groups excluding carboxylic acids is 2. The van der Waals surface area contributed by atoms with E-state index in [2.05, 4.69) is 43.3 Å². The highest BCUT2D eigenvalue weighted by Crippen LogP contribution is 2.32. The number of fused-ring (bicyclic) bond motifs is 2. The standard InChI is InChI=1S/C25H21ClN6O2S2/c26-19-11-16(23(33)29-20-8-10-36-24(20)34)12-28-22(19)31-32-25(35)30-21-17-4-2-1-3-14(17)5-6-15-7-9-27-13-18(15)21/h1-4,7,9,11-13,21H,5-6,8,10H2,(H,28,31)(H2,30,32,35). The molecule has 1 saturated heterocycles. The Hall–Kier alpha value is -3.34. The lowest BCUT2D eigenvalue weighted by atomic mass is 9.96. The second kappa shape index (κ2) is 10.7. The molecule has 1 fully saturated rings. The van der Waals surface area contributed by atoms with Crippen LogP contribution in [0.1, 0.15) is 45.1 Å². The average Bonchev–Trinajstić information content (AvgIpc) is 3.22. The van der Waals surface area contributed by atoms with E-state index in [4.69, 9.17) is 23.8 Å². The van der Waals surface area contributed by atoms with Gasteiger partial charge < -0.3 is 5.32 Å². The van der Waals surface area contributed by atoms with E-state index < -0.39 is 5.91 Å². The molecule has 1 aliphatic carbocycles. The van der Waals surface area contributed by atoms with Crippen molar-refractivity contribution in [3.05, 3.63) is 87.8 Å². The third kappa shape index (κ3) is 5.25. The molecule has 3 aromatic rings. The number of nitrogens with one attached hydrogen (secondary N) is 3. The summed E-state index contributed by atoms with van der Waals surface area (Å²) >= 11 is 13.1. The molecule has 1 atom stereocenters. The van der Waals surface area contributed by atoms with Gasteiger partial charge in [0, 0.05) is 36.3 Å². The molecular weight excluding hydrogens is 516 g/mol.